The zero-order chi connectivity index (χ0) is 7.94. The molecule has 0 fully saturated rings. The van der Waals surface area contributed by atoms with Gasteiger partial charge < -0.3 is 0 Å². The van der Waals surface area contributed by atoms with Gasteiger partial charge in [-0.3, -0.25) is 0 Å². The van der Waals surface area contributed by atoms with E-state index in [4.69, 9.17) is 0 Å². The van der Waals surface area contributed by atoms with Crippen LogP contribution in [0.4, 0.5) is 5.82 Å². The Balaban J connectivity index is 2.98. The van der Waals surface area contributed by atoms with E-state index >= 15 is 0 Å². The molecule has 0 N–H and O–H groups in total. The molecular formula is C8H4N2O. The van der Waals surface area contributed by atoms with E-state index in [1.165, 1.54) is 5.94 Å². The maximum Gasteiger partial charge on any atom is 0.187 e. The molecule has 52 valence electrons. The molecule has 0 atom stereocenters. The molecule has 11 heavy (non-hydrogen) atoms. The largest absolute Gasteiger partial charge is 0.237 e. The number of hydrogen-bond acceptors (Lipinski definition) is 3. The second-order valence-corrected chi connectivity index (χ2v) is 1.64. The molecule has 1 rings (SSSR count). The van der Waals surface area contributed by atoms with Gasteiger partial charge in [0.05, 0.1) is 5.87 Å². The topological polar surface area (TPSA) is 42.3 Å². The smallest absolute Gasteiger partial charge is 0.187 e. The fraction of sp³-hybridized carbons (Fsp3) is 0. The van der Waals surface area contributed by atoms with Crippen LogP contribution in [0.25, 0.3) is 0 Å². The van der Waals surface area contributed by atoms with Crippen LogP contribution < -0.4 is 0 Å². The van der Waals surface area contributed by atoms with Crippen molar-refractivity contribution in [2.24, 2.45) is 4.99 Å². The van der Waals surface area contributed by atoms with Crippen molar-refractivity contribution in [1.82, 2.24) is 4.98 Å². The summed E-state index contributed by atoms with van der Waals surface area (Å²) in [6.45, 7) is 0. The average Bonchev–Trinajstić information content (AvgIpc) is 2.07. The molecule has 1 aromatic heterocycles. The molecule has 1 aromatic rings. The zero-order valence-electron chi connectivity index (χ0n) is 5.61. The Bertz CT molecular complexity index is 340. The normalized spacial score (nSPS) is 7.27. The number of pyridine rings is 1. The van der Waals surface area contributed by atoms with E-state index < -0.39 is 0 Å². The first-order valence-corrected chi connectivity index (χ1v) is 2.92. The van der Waals surface area contributed by atoms with Gasteiger partial charge in [-0.1, -0.05) is 6.07 Å². The molecule has 0 bridgehead atoms. The van der Waals surface area contributed by atoms with E-state index in [1.54, 1.807) is 24.4 Å². The third-order valence-corrected chi connectivity index (χ3v) is 0.927. The lowest BCUT2D eigenvalue weighted by atomic mass is 10.5. The number of aliphatic imine (C=N–C) groups is 1. The predicted octanol–water partition coefficient (Wildman–Crippen LogP) is 0.926. The highest BCUT2D eigenvalue weighted by molar-refractivity contribution is 5.65. The van der Waals surface area contributed by atoms with Gasteiger partial charge in [0.1, 0.15) is 0 Å². The van der Waals surface area contributed by atoms with Crippen molar-refractivity contribution in [3.8, 4) is 0 Å². The van der Waals surface area contributed by atoms with E-state index in [0.717, 1.165) is 0 Å². The first-order chi connectivity index (χ1) is 5.43. The van der Waals surface area contributed by atoms with Gasteiger partial charge in [0.25, 0.3) is 0 Å². The molecule has 3 nitrogen and oxygen atoms in total. The second-order valence-electron chi connectivity index (χ2n) is 1.64. The number of aromatic nitrogens is 1. The summed E-state index contributed by atoms with van der Waals surface area (Å²) >= 11 is 0. The third kappa shape index (κ3) is 2.44. The van der Waals surface area contributed by atoms with E-state index in [-0.39, 0.29) is 0 Å². The molecule has 3 heteroatoms. The molecule has 0 aromatic carbocycles. The monoisotopic (exact) mass is 144 g/mol. The Morgan fingerprint density at radius 2 is 2.36 bits per heavy atom. The first-order valence-electron chi connectivity index (χ1n) is 2.92. The van der Waals surface area contributed by atoms with Gasteiger partial charge in [0.2, 0.25) is 0 Å². The summed E-state index contributed by atoms with van der Waals surface area (Å²) in [5, 5.41) is 0. The molecule has 0 aliphatic rings. The molecule has 0 unspecified atom stereocenters. The SMILES string of the molecule is O=C=C=C=Nc1ccccn1. The molecule has 0 amide bonds. The summed E-state index contributed by atoms with van der Waals surface area (Å²) in [5.41, 5.74) is 2.03. The van der Waals surface area contributed by atoms with Gasteiger partial charge in [0.15, 0.2) is 11.8 Å². The van der Waals surface area contributed by atoms with Crippen molar-refractivity contribution in [1.29, 1.82) is 0 Å². The van der Waals surface area contributed by atoms with E-state index in [9.17, 15) is 4.79 Å². The molecule has 0 aliphatic heterocycles. The lowest BCUT2D eigenvalue weighted by Crippen LogP contribution is -1.68. The summed E-state index contributed by atoms with van der Waals surface area (Å²) in [7, 11) is 0. The molecule has 0 radical (unpaired) electrons. The Morgan fingerprint density at radius 3 is 3.00 bits per heavy atom. The summed E-state index contributed by atoms with van der Waals surface area (Å²) in [5.74, 6) is 4.14. The average molecular weight is 144 g/mol. The van der Waals surface area contributed by atoms with Crippen LogP contribution >= 0.6 is 0 Å². The summed E-state index contributed by atoms with van der Waals surface area (Å²) < 4.78 is 0. The fourth-order valence-corrected chi connectivity index (χ4v) is 0.528. The van der Waals surface area contributed by atoms with Crippen LogP contribution in [0, 0.1) is 0 Å². The van der Waals surface area contributed by atoms with Gasteiger partial charge in [0, 0.05) is 11.9 Å². The zero-order valence-corrected chi connectivity index (χ0v) is 5.61. The molecule has 0 saturated carbocycles. The minimum absolute atomic E-state index is 0.496. The Morgan fingerprint density at radius 1 is 1.45 bits per heavy atom. The highest BCUT2D eigenvalue weighted by atomic mass is 16.1. The van der Waals surface area contributed by atoms with Crippen molar-refractivity contribution >= 4 is 17.6 Å². The second kappa shape index (κ2) is 3.99. The highest BCUT2D eigenvalue weighted by Gasteiger charge is 1.80. The molecule has 0 aliphatic carbocycles. The summed E-state index contributed by atoms with van der Waals surface area (Å²) in [6, 6.07) is 5.26. The minimum Gasteiger partial charge on any atom is -0.237 e. The summed E-state index contributed by atoms with van der Waals surface area (Å²) in [4.78, 5) is 17.1. The minimum atomic E-state index is 0.496. The number of carbonyl (C=O) groups excluding carboxylic acids is 1. The van der Waals surface area contributed by atoms with Crippen LogP contribution in [0.3, 0.4) is 0 Å². The lowest BCUT2D eigenvalue weighted by Gasteiger charge is -1.83. The fourth-order valence-electron chi connectivity index (χ4n) is 0.528. The van der Waals surface area contributed by atoms with Crippen molar-refractivity contribution < 1.29 is 4.79 Å². The molecule has 1 heterocycles. The van der Waals surface area contributed by atoms with E-state index in [0.29, 0.717) is 5.82 Å². The van der Waals surface area contributed by atoms with Crippen molar-refractivity contribution in [2.75, 3.05) is 0 Å². The first kappa shape index (κ1) is 7.20. The summed E-state index contributed by atoms with van der Waals surface area (Å²) in [6.07, 6.45) is 1.60. The van der Waals surface area contributed by atoms with Crippen molar-refractivity contribution in [3.05, 3.63) is 30.1 Å². The van der Waals surface area contributed by atoms with Gasteiger partial charge in [-0.15, -0.1) is 0 Å². The van der Waals surface area contributed by atoms with Gasteiger partial charge in [-0.05, 0) is 12.1 Å². The van der Waals surface area contributed by atoms with Gasteiger partial charge >= 0.3 is 0 Å². The van der Waals surface area contributed by atoms with Crippen LogP contribution in [0.15, 0.2) is 35.1 Å². The van der Waals surface area contributed by atoms with Crippen LogP contribution in [0.2, 0.25) is 0 Å². The molecule has 0 saturated heterocycles. The lowest BCUT2D eigenvalue weighted by molar-refractivity contribution is 0.569. The van der Waals surface area contributed by atoms with Gasteiger partial charge in [-0.2, -0.15) is 4.99 Å². The van der Waals surface area contributed by atoms with Crippen LogP contribution in [-0.4, -0.2) is 16.8 Å². The number of rotatable bonds is 1. The van der Waals surface area contributed by atoms with Gasteiger partial charge in [-0.25, -0.2) is 9.78 Å². The Labute approximate surface area is 63.4 Å². The predicted molar refractivity (Wildman–Crippen MR) is 40.5 cm³/mol. The highest BCUT2D eigenvalue weighted by Crippen LogP contribution is 2.01. The number of nitrogens with zero attached hydrogens (tertiary/aromatic N) is 2. The van der Waals surface area contributed by atoms with E-state index in [1.807, 2.05) is 5.73 Å². The maximum absolute atomic E-state index is 9.62. The molecule has 0 spiro atoms. The standard InChI is InChI=1S/C8H4N2O/c11-7-3-6-10-8-4-1-2-5-9-8/h1-2,4-5H. The number of hydrogen-bond donors (Lipinski definition) is 0. The Hall–Kier alpha value is -1.91. The maximum atomic E-state index is 9.62. The molecular weight excluding hydrogens is 140 g/mol. The van der Waals surface area contributed by atoms with Crippen molar-refractivity contribution in [3.63, 3.8) is 0 Å². The van der Waals surface area contributed by atoms with Crippen LogP contribution in [0.5, 0.6) is 0 Å². The van der Waals surface area contributed by atoms with Crippen LogP contribution in [-0.2, 0) is 4.79 Å². The van der Waals surface area contributed by atoms with E-state index in [2.05, 4.69) is 15.8 Å². The van der Waals surface area contributed by atoms with Crippen LogP contribution in [0.1, 0.15) is 0 Å². The Kier molecular flexibility index (Phi) is 2.61. The quantitative estimate of drug-likeness (QED) is 0.334. The van der Waals surface area contributed by atoms with Crippen molar-refractivity contribution in [2.45, 2.75) is 0 Å². The third-order valence-electron chi connectivity index (χ3n) is 0.927.